The van der Waals surface area contributed by atoms with Crippen molar-refractivity contribution in [3.63, 3.8) is 0 Å². The van der Waals surface area contributed by atoms with E-state index in [1.807, 2.05) is 12.1 Å². The zero-order valence-electron chi connectivity index (χ0n) is 16.7. The minimum absolute atomic E-state index is 0. The van der Waals surface area contributed by atoms with Crippen LogP contribution >= 0.6 is 24.0 Å². The van der Waals surface area contributed by atoms with Gasteiger partial charge in [0.15, 0.2) is 17.5 Å². The van der Waals surface area contributed by atoms with Gasteiger partial charge in [0.1, 0.15) is 0 Å². The Hall–Kier alpha value is -1.42. The monoisotopic (exact) mass is 480 g/mol. The fraction of sp³-hybridized carbons (Fsp3) is 0.611. The van der Waals surface area contributed by atoms with Crippen LogP contribution in [0.3, 0.4) is 0 Å². The van der Waals surface area contributed by atoms with Gasteiger partial charge in [-0.05, 0) is 30.8 Å². The Morgan fingerprint density at radius 2 is 1.58 bits per heavy atom. The van der Waals surface area contributed by atoms with E-state index in [1.165, 1.54) is 0 Å². The third-order valence-electron chi connectivity index (χ3n) is 4.02. The van der Waals surface area contributed by atoms with Crippen LogP contribution in [-0.2, 0) is 6.54 Å². The van der Waals surface area contributed by atoms with E-state index in [4.69, 9.17) is 14.2 Å². The highest BCUT2D eigenvalue weighted by Crippen LogP contribution is 2.38. The molecule has 0 spiro atoms. The number of aliphatic imine (C=N–C) groups is 1. The molecule has 0 bridgehead atoms. The minimum Gasteiger partial charge on any atom is -0.493 e. The molecule has 0 saturated carbocycles. The number of guanidine groups is 1. The lowest BCUT2D eigenvalue weighted by Gasteiger charge is -2.19. The third kappa shape index (κ3) is 7.45. The molecule has 1 aromatic carbocycles. The van der Waals surface area contributed by atoms with Crippen molar-refractivity contribution in [3.8, 4) is 17.2 Å². The summed E-state index contributed by atoms with van der Waals surface area (Å²) in [7, 11) is 6.59. The van der Waals surface area contributed by atoms with E-state index in [9.17, 15) is 0 Å². The van der Waals surface area contributed by atoms with Crippen molar-refractivity contribution in [3.05, 3.63) is 17.7 Å². The predicted molar refractivity (Wildman–Crippen MR) is 118 cm³/mol. The fourth-order valence-electron chi connectivity index (χ4n) is 2.52. The Bertz CT molecular complexity index is 526. The van der Waals surface area contributed by atoms with E-state index in [-0.39, 0.29) is 24.0 Å². The maximum atomic E-state index is 5.38. The van der Waals surface area contributed by atoms with Gasteiger partial charge in [-0.1, -0.05) is 13.8 Å². The first-order valence-electron chi connectivity index (χ1n) is 8.59. The first-order chi connectivity index (χ1) is 12.1. The molecule has 0 atom stereocenters. The predicted octanol–water partition coefficient (Wildman–Crippen LogP) is 2.34. The second kappa shape index (κ2) is 13.7. The van der Waals surface area contributed by atoms with E-state index in [2.05, 4.69) is 34.4 Å². The summed E-state index contributed by atoms with van der Waals surface area (Å²) in [5.41, 5.74) is 1.01. The van der Waals surface area contributed by atoms with Crippen molar-refractivity contribution in [2.45, 2.75) is 20.4 Å². The lowest BCUT2D eigenvalue weighted by atomic mass is 10.2. The Morgan fingerprint density at radius 1 is 1.00 bits per heavy atom. The molecule has 8 heteroatoms. The molecule has 0 heterocycles. The summed E-state index contributed by atoms with van der Waals surface area (Å²) in [6.45, 7) is 8.86. The zero-order valence-corrected chi connectivity index (χ0v) is 19.0. The maximum Gasteiger partial charge on any atom is 0.203 e. The number of benzene rings is 1. The van der Waals surface area contributed by atoms with Crippen molar-refractivity contribution < 1.29 is 14.2 Å². The van der Waals surface area contributed by atoms with Gasteiger partial charge in [0, 0.05) is 26.7 Å². The molecule has 0 saturated heterocycles. The Labute approximate surface area is 174 Å². The summed E-state index contributed by atoms with van der Waals surface area (Å²) in [5.74, 6) is 2.64. The summed E-state index contributed by atoms with van der Waals surface area (Å²) in [4.78, 5) is 6.62. The highest BCUT2D eigenvalue weighted by atomic mass is 127. The minimum atomic E-state index is 0. The average molecular weight is 480 g/mol. The van der Waals surface area contributed by atoms with Crippen LogP contribution in [-0.4, -0.2) is 65.4 Å². The zero-order chi connectivity index (χ0) is 18.7. The van der Waals surface area contributed by atoms with E-state index in [0.717, 1.165) is 37.7 Å². The van der Waals surface area contributed by atoms with Crippen molar-refractivity contribution in [2.75, 3.05) is 54.6 Å². The van der Waals surface area contributed by atoms with Gasteiger partial charge in [0.25, 0.3) is 0 Å². The number of nitrogens with one attached hydrogen (secondary N) is 2. The van der Waals surface area contributed by atoms with Crippen LogP contribution in [0.15, 0.2) is 17.1 Å². The van der Waals surface area contributed by atoms with Crippen LogP contribution < -0.4 is 24.8 Å². The molecule has 0 amide bonds. The van der Waals surface area contributed by atoms with Crippen LogP contribution in [0.4, 0.5) is 0 Å². The summed E-state index contributed by atoms with van der Waals surface area (Å²) >= 11 is 0. The first kappa shape index (κ1) is 24.6. The molecule has 2 N–H and O–H groups in total. The SMILES string of the molecule is CCN(CC)CCNC(=NC)NCc1cc(OC)c(OC)c(OC)c1.I. The second-order valence-corrected chi connectivity index (χ2v) is 5.41. The molecule has 0 aliphatic carbocycles. The Kier molecular flexibility index (Phi) is 13.0. The summed E-state index contributed by atoms with van der Waals surface area (Å²) in [6, 6.07) is 3.86. The molecule has 0 aliphatic rings. The van der Waals surface area contributed by atoms with Gasteiger partial charge >= 0.3 is 0 Å². The molecular formula is C18H33IN4O3. The molecule has 0 aliphatic heterocycles. The lowest BCUT2D eigenvalue weighted by molar-refractivity contribution is 0.308. The fourth-order valence-corrected chi connectivity index (χ4v) is 2.52. The smallest absolute Gasteiger partial charge is 0.203 e. The van der Waals surface area contributed by atoms with Gasteiger partial charge in [-0.2, -0.15) is 0 Å². The third-order valence-corrected chi connectivity index (χ3v) is 4.02. The number of hydrogen-bond donors (Lipinski definition) is 2. The Morgan fingerprint density at radius 3 is 2.00 bits per heavy atom. The average Bonchev–Trinajstić information content (AvgIpc) is 2.66. The van der Waals surface area contributed by atoms with E-state index in [1.54, 1.807) is 28.4 Å². The van der Waals surface area contributed by atoms with Gasteiger partial charge < -0.3 is 29.7 Å². The largest absolute Gasteiger partial charge is 0.493 e. The van der Waals surface area contributed by atoms with Crippen LogP contribution in [0, 0.1) is 0 Å². The first-order valence-corrected chi connectivity index (χ1v) is 8.59. The standard InChI is InChI=1S/C18H32N4O3.HI/c1-7-22(8-2)10-9-20-18(19-3)21-13-14-11-15(23-4)17(25-6)16(12-14)24-5;/h11-12H,7-10,13H2,1-6H3,(H2,19,20,21);1H. The number of likely N-dealkylation sites (N-methyl/N-ethyl adjacent to an activating group) is 1. The van der Waals surface area contributed by atoms with Crippen molar-refractivity contribution in [2.24, 2.45) is 4.99 Å². The molecule has 150 valence electrons. The molecule has 7 nitrogen and oxygen atoms in total. The molecule has 0 fully saturated rings. The van der Waals surface area contributed by atoms with Crippen LogP contribution in [0.2, 0.25) is 0 Å². The summed E-state index contributed by atoms with van der Waals surface area (Å²) in [6.07, 6.45) is 0. The Balaban J connectivity index is 0.00000625. The lowest BCUT2D eigenvalue weighted by Crippen LogP contribution is -2.41. The molecular weight excluding hydrogens is 447 g/mol. The van der Waals surface area contributed by atoms with Crippen molar-refractivity contribution >= 4 is 29.9 Å². The molecule has 0 unspecified atom stereocenters. The number of methoxy groups -OCH3 is 3. The number of halogens is 1. The van der Waals surface area contributed by atoms with Crippen LogP contribution in [0.25, 0.3) is 0 Å². The van der Waals surface area contributed by atoms with Gasteiger partial charge in [-0.15, -0.1) is 24.0 Å². The topological polar surface area (TPSA) is 67.4 Å². The number of ether oxygens (including phenoxy) is 3. The van der Waals surface area contributed by atoms with Crippen LogP contribution in [0.5, 0.6) is 17.2 Å². The number of rotatable bonds is 10. The van der Waals surface area contributed by atoms with Gasteiger partial charge in [0.05, 0.1) is 21.3 Å². The van der Waals surface area contributed by atoms with Gasteiger partial charge in [-0.3, -0.25) is 4.99 Å². The molecule has 0 aromatic heterocycles. The normalized spacial score (nSPS) is 11.0. The second-order valence-electron chi connectivity index (χ2n) is 5.41. The van der Waals surface area contributed by atoms with Crippen LogP contribution in [0.1, 0.15) is 19.4 Å². The highest BCUT2D eigenvalue weighted by molar-refractivity contribution is 14.0. The highest BCUT2D eigenvalue weighted by Gasteiger charge is 2.13. The summed E-state index contributed by atoms with van der Waals surface area (Å²) < 4.78 is 16.1. The number of hydrogen-bond acceptors (Lipinski definition) is 5. The van der Waals surface area contributed by atoms with E-state index < -0.39 is 0 Å². The summed E-state index contributed by atoms with van der Waals surface area (Å²) in [5, 5.41) is 6.63. The van der Waals surface area contributed by atoms with Gasteiger partial charge in [-0.25, -0.2) is 0 Å². The van der Waals surface area contributed by atoms with E-state index in [0.29, 0.717) is 23.8 Å². The molecule has 1 aromatic rings. The van der Waals surface area contributed by atoms with E-state index >= 15 is 0 Å². The molecule has 0 radical (unpaired) electrons. The van der Waals surface area contributed by atoms with Crippen molar-refractivity contribution in [1.82, 2.24) is 15.5 Å². The maximum absolute atomic E-state index is 5.38. The van der Waals surface area contributed by atoms with Gasteiger partial charge in [0.2, 0.25) is 5.75 Å². The van der Waals surface area contributed by atoms with Crippen molar-refractivity contribution in [1.29, 1.82) is 0 Å². The number of nitrogens with zero attached hydrogens (tertiary/aromatic N) is 2. The molecule has 1 rings (SSSR count). The molecule has 26 heavy (non-hydrogen) atoms. The quantitative estimate of drug-likeness (QED) is 0.305.